The molecule has 0 aliphatic carbocycles. The predicted molar refractivity (Wildman–Crippen MR) is 104 cm³/mol. The van der Waals surface area contributed by atoms with Gasteiger partial charge in [-0.2, -0.15) is 0 Å². The zero-order chi connectivity index (χ0) is 19.4. The van der Waals surface area contributed by atoms with Crippen molar-refractivity contribution < 1.29 is 24.7 Å². The first kappa shape index (κ1) is 21.6. The summed E-state index contributed by atoms with van der Waals surface area (Å²) in [6.45, 7) is 2.49. The number of Topliss-reactive ketones (excluding diaryl/α,β-unsaturated/α-hetero) is 1. The minimum absolute atomic E-state index is 0. The summed E-state index contributed by atoms with van der Waals surface area (Å²) in [7, 11) is 0. The van der Waals surface area contributed by atoms with E-state index in [0.29, 0.717) is 26.3 Å². The molecular formula is C19H21ClN2O6. The number of benzene rings is 2. The molecule has 0 saturated carbocycles. The van der Waals surface area contributed by atoms with E-state index in [9.17, 15) is 25.1 Å². The van der Waals surface area contributed by atoms with E-state index in [0.717, 1.165) is 17.7 Å². The van der Waals surface area contributed by atoms with Crippen LogP contribution in [0, 0.1) is 10.1 Å². The molecule has 1 atom stereocenters. The Bertz CT molecular complexity index is 840. The average Bonchev–Trinajstić information content (AvgIpc) is 2.69. The maximum atomic E-state index is 12.8. The van der Waals surface area contributed by atoms with Crippen molar-refractivity contribution in [1.29, 1.82) is 0 Å². The van der Waals surface area contributed by atoms with Crippen molar-refractivity contribution in [3.05, 3.63) is 63.7 Å². The second kappa shape index (κ2) is 9.50. The molecule has 1 aliphatic rings. The first-order valence-corrected chi connectivity index (χ1v) is 8.57. The summed E-state index contributed by atoms with van der Waals surface area (Å²) in [6, 6.07) is 11.4. The van der Waals surface area contributed by atoms with E-state index in [-0.39, 0.29) is 36.2 Å². The second-order valence-electron chi connectivity index (χ2n) is 6.32. The Hall–Kier alpha value is -2.68. The highest BCUT2D eigenvalue weighted by molar-refractivity contribution is 5.98. The molecule has 1 unspecified atom stereocenters. The van der Waals surface area contributed by atoms with Crippen LogP contribution < -0.4 is 0 Å². The molecule has 0 spiro atoms. The number of nitrogens with zero attached hydrogens (tertiary/aromatic N) is 2. The number of ketones is 1. The SMILES string of the molecule is Cl.O=C(CC(c1ccccc1)N1CCOCC1)c1cc(O)c(O)c([N+](=O)[O-])c1. The number of morpholine rings is 1. The fourth-order valence-corrected chi connectivity index (χ4v) is 3.22. The molecule has 150 valence electrons. The van der Waals surface area contributed by atoms with Gasteiger partial charge in [0.25, 0.3) is 0 Å². The average molecular weight is 409 g/mol. The lowest BCUT2D eigenvalue weighted by molar-refractivity contribution is -0.386. The van der Waals surface area contributed by atoms with Crippen molar-refractivity contribution in [3.63, 3.8) is 0 Å². The molecule has 0 aromatic heterocycles. The lowest BCUT2D eigenvalue weighted by Gasteiger charge is -2.34. The van der Waals surface area contributed by atoms with E-state index in [1.807, 2.05) is 30.3 Å². The third-order valence-corrected chi connectivity index (χ3v) is 4.64. The highest BCUT2D eigenvalue weighted by atomic mass is 35.5. The van der Waals surface area contributed by atoms with Crippen molar-refractivity contribution in [2.75, 3.05) is 26.3 Å². The molecular weight excluding hydrogens is 388 g/mol. The molecule has 0 bridgehead atoms. The topological polar surface area (TPSA) is 113 Å². The van der Waals surface area contributed by atoms with Crippen molar-refractivity contribution in [2.24, 2.45) is 0 Å². The number of nitro benzene ring substituents is 1. The smallest absolute Gasteiger partial charge is 0.315 e. The van der Waals surface area contributed by atoms with Gasteiger partial charge < -0.3 is 14.9 Å². The maximum absolute atomic E-state index is 12.8. The monoisotopic (exact) mass is 408 g/mol. The van der Waals surface area contributed by atoms with E-state index >= 15 is 0 Å². The number of halogens is 1. The van der Waals surface area contributed by atoms with Crippen LogP contribution in [0.1, 0.15) is 28.4 Å². The van der Waals surface area contributed by atoms with E-state index < -0.39 is 22.1 Å². The number of rotatable bonds is 6. The molecule has 2 aromatic rings. The number of phenolic OH excluding ortho intramolecular Hbond substituents is 2. The Kier molecular flexibility index (Phi) is 7.33. The number of ether oxygens (including phenoxy) is 1. The van der Waals surface area contributed by atoms with Gasteiger partial charge >= 0.3 is 5.69 Å². The van der Waals surface area contributed by atoms with Gasteiger partial charge in [-0.25, -0.2) is 0 Å². The normalized spacial score (nSPS) is 15.4. The molecule has 3 rings (SSSR count). The molecule has 28 heavy (non-hydrogen) atoms. The molecule has 0 radical (unpaired) electrons. The van der Waals surface area contributed by atoms with Gasteiger partial charge in [0.2, 0.25) is 5.75 Å². The Morgan fingerprint density at radius 1 is 1.18 bits per heavy atom. The lowest BCUT2D eigenvalue weighted by Crippen LogP contribution is -2.39. The van der Waals surface area contributed by atoms with Crippen LogP contribution in [0.25, 0.3) is 0 Å². The first-order chi connectivity index (χ1) is 13.0. The Morgan fingerprint density at radius 2 is 1.82 bits per heavy atom. The first-order valence-electron chi connectivity index (χ1n) is 8.57. The van der Waals surface area contributed by atoms with Crippen LogP contribution in [-0.2, 0) is 4.74 Å². The minimum Gasteiger partial charge on any atom is -0.504 e. The zero-order valence-corrected chi connectivity index (χ0v) is 15.8. The van der Waals surface area contributed by atoms with Crippen LogP contribution >= 0.6 is 12.4 Å². The van der Waals surface area contributed by atoms with Gasteiger partial charge in [-0.05, 0) is 11.6 Å². The van der Waals surface area contributed by atoms with Crippen LogP contribution in [0.2, 0.25) is 0 Å². The Labute approximate surface area is 167 Å². The van der Waals surface area contributed by atoms with Crippen LogP contribution in [-0.4, -0.2) is 52.1 Å². The van der Waals surface area contributed by atoms with Gasteiger partial charge in [0.05, 0.1) is 18.1 Å². The number of nitro groups is 1. The number of carbonyl (C=O) groups excluding carboxylic acids is 1. The molecule has 1 fully saturated rings. The van der Waals surface area contributed by atoms with E-state index in [2.05, 4.69) is 4.90 Å². The highest BCUT2D eigenvalue weighted by Gasteiger charge is 2.27. The van der Waals surface area contributed by atoms with Crippen LogP contribution in [0.5, 0.6) is 11.5 Å². The number of aromatic hydroxyl groups is 2. The van der Waals surface area contributed by atoms with Crippen molar-refractivity contribution >= 4 is 23.9 Å². The van der Waals surface area contributed by atoms with Gasteiger partial charge in [-0.1, -0.05) is 30.3 Å². The summed E-state index contributed by atoms with van der Waals surface area (Å²) in [5.41, 5.74) is 0.262. The van der Waals surface area contributed by atoms with Gasteiger partial charge in [-0.3, -0.25) is 19.8 Å². The summed E-state index contributed by atoms with van der Waals surface area (Å²) in [5.74, 6) is -1.88. The molecule has 8 nitrogen and oxygen atoms in total. The molecule has 0 amide bonds. The standard InChI is InChI=1S/C19H20N2O6.ClH/c22-17(14-10-16(21(25)26)19(24)18(23)11-14)12-15(13-4-2-1-3-5-13)20-6-8-27-9-7-20;/h1-5,10-11,15,23-24H,6-9,12H2;1H. The van der Waals surface area contributed by atoms with Gasteiger partial charge in [0.15, 0.2) is 11.5 Å². The fourth-order valence-electron chi connectivity index (χ4n) is 3.22. The summed E-state index contributed by atoms with van der Waals surface area (Å²) in [6.07, 6.45) is 0.0887. The summed E-state index contributed by atoms with van der Waals surface area (Å²) in [5, 5.41) is 30.4. The van der Waals surface area contributed by atoms with E-state index in [1.54, 1.807) is 0 Å². The predicted octanol–water partition coefficient (Wildman–Crippen LogP) is 3.07. The number of hydrogen-bond donors (Lipinski definition) is 2. The number of carbonyl (C=O) groups is 1. The molecule has 1 aliphatic heterocycles. The van der Waals surface area contributed by atoms with Crippen molar-refractivity contribution in [2.45, 2.75) is 12.5 Å². The molecule has 2 N–H and O–H groups in total. The Balaban J connectivity index is 0.00000280. The third kappa shape index (κ3) is 4.78. The number of phenols is 2. The van der Waals surface area contributed by atoms with Gasteiger partial charge in [0.1, 0.15) is 0 Å². The quantitative estimate of drug-likeness (QED) is 0.327. The highest BCUT2D eigenvalue weighted by Crippen LogP contribution is 2.37. The van der Waals surface area contributed by atoms with Crippen LogP contribution in [0.15, 0.2) is 42.5 Å². The Morgan fingerprint density at radius 3 is 2.43 bits per heavy atom. The second-order valence-corrected chi connectivity index (χ2v) is 6.32. The minimum atomic E-state index is -0.843. The maximum Gasteiger partial charge on any atom is 0.315 e. The number of hydrogen-bond acceptors (Lipinski definition) is 7. The van der Waals surface area contributed by atoms with E-state index in [4.69, 9.17) is 4.74 Å². The van der Waals surface area contributed by atoms with Crippen molar-refractivity contribution in [3.8, 4) is 11.5 Å². The molecule has 9 heteroatoms. The molecule has 1 saturated heterocycles. The van der Waals surface area contributed by atoms with Crippen LogP contribution in [0.3, 0.4) is 0 Å². The largest absolute Gasteiger partial charge is 0.504 e. The van der Waals surface area contributed by atoms with Gasteiger partial charge in [0, 0.05) is 37.2 Å². The zero-order valence-electron chi connectivity index (χ0n) is 15.0. The third-order valence-electron chi connectivity index (χ3n) is 4.64. The summed E-state index contributed by atoms with van der Waals surface area (Å²) >= 11 is 0. The fraction of sp³-hybridized carbons (Fsp3) is 0.316. The lowest BCUT2D eigenvalue weighted by atomic mass is 9.95. The van der Waals surface area contributed by atoms with Gasteiger partial charge in [-0.15, -0.1) is 12.4 Å². The van der Waals surface area contributed by atoms with Crippen LogP contribution in [0.4, 0.5) is 5.69 Å². The summed E-state index contributed by atoms with van der Waals surface area (Å²) < 4.78 is 5.38. The summed E-state index contributed by atoms with van der Waals surface area (Å²) in [4.78, 5) is 25.2. The molecule has 1 heterocycles. The molecule has 2 aromatic carbocycles. The van der Waals surface area contributed by atoms with E-state index in [1.165, 1.54) is 0 Å². The van der Waals surface area contributed by atoms with Crippen molar-refractivity contribution in [1.82, 2.24) is 4.90 Å².